The smallest absolute Gasteiger partial charge is 0.329 e. The average Bonchev–Trinajstić information content (AvgIpc) is 2.32. The molecule has 2 amide bonds. The minimum absolute atomic E-state index is 0.00615. The number of carbonyl (C=O) groups is 2. The molecule has 0 aromatic heterocycles. The molecule has 0 bridgehead atoms. The zero-order valence-electron chi connectivity index (χ0n) is 9.78. The second kappa shape index (κ2) is 7.55. The number of ether oxygens (including phenoxy) is 1. The number of carbonyl (C=O) groups excluding carboxylic acids is 1. The van der Waals surface area contributed by atoms with E-state index in [0.717, 1.165) is 6.07 Å². The predicted octanol–water partition coefficient (Wildman–Crippen LogP) is 1.70. The third-order valence-electron chi connectivity index (χ3n) is 1.94. The fraction of sp³-hybridized carbons (Fsp3) is 0.273. The molecule has 0 aliphatic carbocycles. The van der Waals surface area contributed by atoms with E-state index in [1.54, 1.807) is 0 Å². The summed E-state index contributed by atoms with van der Waals surface area (Å²) < 4.78 is 18.0. The Bertz CT molecular complexity index is 470. The van der Waals surface area contributed by atoms with Crippen LogP contribution in [0.1, 0.15) is 0 Å². The molecule has 0 radical (unpaired) electrons. The maximum atomic E-state index is 13.3. The minimum Gasteiger partial charge on any atom is -0.480 e. The topological polar surface area (TPSA) is 87.7 Å². The number of benzene rings is 1. The Balaban J connectivity index is 2.29. The van der Waals surface area contributed by atoms with Crippen molar-refractivity contribution in [1.82, 2.24) is 5.32 Å². The lowest BCUT2D eigenvalue weighted by Gasteiger charge is -2.08. The molecule has 0 unspecified atom stereocenters. The summed E-state index contributed by atoms with van der Waals surface area (Å²) in [6.07, 6.45) is 0. The first-order valence-corrected chi connectivity index (χ1v) is 5.66. The van der Waals surface area contributed by atoms with Crippen molar-refractivity contribution in [1.29, 1.82) is 0 Å². The van der Waals surface area contributed by atoms with Gasteiger partial charge in [-0.25, -0.2) is 14.0 Å². The van der Waals surface area contributed by atoms with E-state index in [1.165, 1.54) is 12.1 Å². The highest BCUT2D eigenvalue weighted by atomic mass is 35.5. The van der Waals surface area contributed by atoms with Gasteiger partial charge in [0.1, 0.15) is 12.4 Å². The number of carboxylic acid groups (broad SMARTS) is 1. The Morgan fingerprint density at radius 3 is 2.79 bits per heavy atom. The fourth-order valence-corrected chi connectivity index (χ4v) is 1.31. The van der Waals surface area contributed by atoms with Gasteiger partial charge in [0.25, 0.3) is 0 Å². The van der Waals surface area contributed by atoms with Gasteiger partial charge < -0.3 is 20.5 Å². The number of rotatable bonds is 6. The molecule has 0 heterocycles. The normalized spacial score (nSPS) is 10.0. The highest BCUT2D eigenvalue weighted by molar-refractivity contribution is 6.30. The molecule has 1 aromatic carbocycles. The van der Waals surface area contributed by atoms with Gasteiger partial charge in [0.15, 0.2) is 0 Å². The molecule has 0 aliphatic rings. The summed E-state index contributed by atoms with van der Waals surface area (Å²) in [7, 11) is 0. The van der Waals surface area contributed by atoms with E-state index >= 15 is 0 Å². The number of nitrogens with one attached hydrogen (secondary N) is 2. The molecule has 0 spiro atoms. The SMILES string of the molecule is O=C(O)COCCNC(=O)Nc1ccc(Cl)cc1F. The van der Waals surface area contributed by atoms with Gasteiger partial charge in [-0.1, -0.05) is 11.6 Å². The van der Waals surface area contributed by atoms with Gasteiger partial charge in [-0.2, -0.15) is 0 Å². The van der Waals surface area contributed by atoms with Crippen molar-refractivity contribution in [3.05, 3.63) is 29.0 Å². The molecular formula is C11H12ClFN2O4. The number of urea groups is 1. The van der Waals surface area contributed by atoms with Crippen LogP contribution >= 0.6 is 11.6 Å². The van der Waals surface area contributed by atoms with E-state index in [1.807, 2.05) is 0 Å². The summed E-state index contributed by atoms with van der Waals surface area (Å²) >= 11 is 5.56. The van der Waals surface area contributed by atoms with E-state index in [4.69, 9.17) is 21.4 Å². The fourth-order valence-electron chi connectivity index (χ4n) is 1.15. The average molecular weight is 291 g/mol. The molecule has 0 saturated heterocycles. The highest BCUT2D eigenvalue weighted by Crippen LogP contribution is 2.18. The maximum absolute atomic E-state index is 13.3. The Labute approximate surface area is 113 Å². The van der Waals surface area contributed by atoms with E-state index < -0.39 is 24.4 Å². The van der Waals surface area contributed by atoms with Crippen LogP contribution in [0.4, 0.5) is 14.9 Å². The number of amides is 2. The molecule has 6 nitrogen and oxygen atoms in total. The van der Waals surface area contributed by atoms with Gasteiger partial charge in [0.2, 0.25) is 0 Å². The van der Waals surface area contributed by atoms with Crippen LogP contribution in [0.3, 0.4) is 0 Å². The van der Waals surface area contributed by atoms with Crippen molar-refractivity contribution in [2.24, 2.45) is 0 Å². The summed E-state index contributed by atoms with van der Waals surface area (Å²) in [4.78, 5) is 21.5. The van der Waals surface area contributed by atoms with Crippen LogP contribution in [0, 0.1) is 5.82 Å². The van der Waals surface area contributed by atoms with Crippen LogP contribution in [0.5, 0.6) is 0 Å². The van der Waals surface area contributed by atoms with Crippen LogP contribution in [-0.2, 0) is 9.53 Å². The molecule has 104 valence electrons. The Morgan fingerprint density at radius 1 is 1.42 bits per heavy atom. The number of hydrogen-bond donors (Lipinski definition) is 3. The molecule has 0 fully saturated rings. The van der Waals surface area contributed by atoms with Gasteiger partial charge in [-0.3, -0.25) is 0 Å². The maximum Gasteiger partial charge on any atom is 0.329 e. The summed E-state index contributed by atoms with van der Waals surface area (Å²) in [5.74, 6) is -1.74. The van der Waals surface area contributed by atoms with E-state index in [9.17, 15) is 14.0 Å². The van der Waals surface area contributed by atoms with Crippen molar-refractivity contribution in [2.75, 3.05) is 25.1 Å². The second-order valence-corrected chi connectivity index (χ2v) is 3.89. The van der Waals surface area contributed by atoms with Gasteiger partial charge in [-0.05, 0) is 18.2 Å². The van der Waals surface area contributed by atoms with Crippen molar-refractivity contribution in [3.8, 4) is 0 Å². The van der Waals surface area contributed by atoms with Crippen molar-refractivity contribution < 1.29 is 23.8 Å². The van der Waals surface area contributed by atoms with Gasteiger partial charge >= 0.3 is 12.0 Å². The molecule has 0 atom stereocenters. The first kappa shape index (κ1) is 15.2. The zero-order chi connectivity index (χ0) is 14.3. The largest absolute Gasteiger partial charge is 0.480 e. The number of aliphatic carboxylic acids is 1. The first-order valence-electron chi connectivity index (χ1n) is 5.28. The van der Waals surface area contributed by atoms with Gasteiger partial charge in [0, 0.05) is 11.6 Å². The molecule has 1 rings (SSSR count). The van der Waals surface area contributed by atoms with Crippen LogP contribution < -0.4 is 10.6 Å². The molecule has 19 heavy (non-hydrogen) atoms. The standard InChI is InChI=1S/C11H12ClFN2O4/c12-7-1-2-9(8(13)5-7)15-11(18)14-3-4-19-6-10(16)17/h1-2,5H,3-4,6H2,(H,16,17)(H2,14,15,18). The first-order chi connectivity index (χ1) is 8.99. The van der Waals surface area contributed by atoms with E-state index in [2.05, 4.69) is 10.6 Å². The van der Waals surface area contributed by atoms with Crippen LogP contribution in [-0.4, -0.2) is 36.9 Å². The van der Waals surface area contributed by atoms with Crippen molar-refractivity contribution in [3.63, 3.8) is 0 Å². The predicted molar refractivity (Wildman–Crippen MR) is 66.9 cm³/mol. The number of anilines is 1. The lowest BCUT2D eigenvalue weighted by Crippen LogP contribution is -2.32. The molecule has 0 saturated carbocycles. The summed E-state index contributed by atoms with van der Waals surface area (Å²) in [5.41, 5.74) is -0.00615. The summed E-state index contributed by atoms with van der Waals surface area (Å²) in [6, 6.07) is 3.22. The monoisotopic (exact) mass is 290 g/mol. The highest BCUT2D eigenvalue weighted by Gasteiger charge is 2.06. The lowest BCUT2D eigenvalue weighted by atomic mass is 10.3. The molecule has 0 aliphatic heterocycles. The Hall–Kier alpha value is -1.86. The number of hydrogen-bond acceptors (Lipinski definition) is 3. The number of carboxylic acids is 1. The van der Waals surface area contributed by atoms with Gasteiger partial charge in [0.05, 0.1) is 12.3 Å². The Kier molecular flexibility index (Phi) is 6.04. The quantitative estimate of drug-likeness (QED) is 0.696. The van der Waals surface area contributed by atoms with E-state index in [0.29, 0.717) is 0 Å². The zero-order valence-corrected chi connectivity index (χ0v) is 10.5. The minimum atomic E-state index is -1.09. The molecule has 3 N–H and O–H groups in total. The van der Waals surface area contributed by atoms with Crippen LogP contribution in [0.15, 0.2) is 18.2 Å². The van der Waals surface area contributed by atoms with Crippen LogP contribution in [0.25, 0.3) is 0 Å². The summed E-state index contributed by atoms with van der Waals surface area (Å²) in [5, 5.41) is 13.2. The third-order valence-corrected chi connectivity index (χ3v) is 2.17. The van der Waals surface area contributed by atoms with Crippen molar-refractivity contribution in [2.45, 2.75) is 0 Å². The molecular weight excluding hydrogens is 279 g/mol. The van der Waals surface area contributed by atoms with Crippen LogP contribution in [0.2, 0.25) is 5.02 Å². The third kappa shape index (κ3) is 6.03. The number of halogens is 2. The summed E-state index contributed by atoms with van der Waals surface area (Å²) in [6.45, 7) is -0.285. The van der Waals surface area contributed by atoms with Crippen molar-refractivity contribution >= 4 is 29.3 Å². The van der Waals surface area contributed by atoms with E-state index in [-0.39, 0.29) is 23.9 Å². The molecule has 1 aromatic rings. The second-order valence-electron chi connectivity index (χ2n) is 3.45. The van der Waals surface area contributed by atoms with Gasteiger partial charge in [-0.15, -0.1) is 0 Å². The molecule has 8 heteroatoms. The lowest BCUT2D eigenvalue weighted by molar-refractivity contribution is -0.142. The Morgan fingerprint density at radius 2 is 2.16 bits per heavy atom.